The molecule has 20 heavy (non-hydrogen) atoms. The van der Waals surface area contributed by atoms with Gasteiger partial charge in [0.15, 0.2) is 0 Å². The van der Waals surface area contributed by atoms with Gasteiger partial charge in [0.05, 0.1) is 30.2 Å². The minimum atomic E-state index is -0.329. The molecule has 0 bridgehead atoms. The van der Waals surface area contributed by atoms with Crippen LogP contribution in [-0.4, -0.2) is 38.9 Å². The van der Waals surface area contributed by atoms with Crippen LogP contribution >= 0.6 is 0 Å². The van der Waals surface area contributed by atoms with Crippen LogP contribution in [0.2, 0.25) is 0 Å². The number of benzene rings is 1. The largest absolute Gasteiger partial charge is 0.462 e. The molecule has 0 saturated heterocycles. The summed E-state index contributed by atoms with van der Waals surface area (Å²) in [6.45, 7) is 7.61. The maximum Gasteiger partial charge on any atom is 0.338 e. The Hall–Kier alpha value is -1.75. The van der Waals surface area contributed by atoms with Crippen LogP contribution in [-0.2, 0) is 9.47 Å². The van der Waals surface area contributed by atoms with Crippen LogP contribution < -0.4 is 10.6 Å². The van der Waals surface area contributed by atoms with E-state index in [1.807, 2.05) is 0 Å². The number of ether oxygens (including phenoxy) is 2. The maximum atomic E-state index is 11.8. The number of esters is 1. The highest BCUT2D eigenvalue weighted by atomic mass is 16.5. The van der Waals surface area contributed by atoms with Gasteiger partial charge in [0.25, 0.3) is 0 Å². The average molecular weight is 280 g/mol. The molecule has 2 N–H and O–H groups in total. The Morgan fingerprint density at radius 2 is 2.10 bits per heavy atom. The summed E-state index contributed by atoms with van der Waals surface area (Å²) < 4.78 is 10.1. The second kappa shape index (κ2) is 7.75. The van der Waals surface area contributed by atoms with Gasteiger partial charge in [-0.05, 0) is 39.0 Å². The van der Waals surface area contributed by atoms with Gasteiger partial charge in [0.1, 0.15) is 0 Å². The van der Waals surface area contributed by atoms with Gasteiger partial charge in [-0.1, -0.05) is 0 Å². The van der Waals surface area contributed by atoms with Gasteiger partial charge in [0.2, 0.25) is 0 Å². The van der Waals surface area contributed by atoms with Crippen molar-refractivity contribution in [1.29, 1.82) is 0 Å². The Morgan fingerprint density at radius 3 is 2.65 bits per heavy atom. The highest BCUT2D eigenvalue weighted by Gasteiger charge is 2.16. The Bertz CT molecular complexity index is 447. The van der Waals surface area contributed by atoms with E-state index in [9.17, 15) is 4.79 Å². The number of methoxy groups -OCH3 is 1. The van der Waals surface area contributed by atoms with Crippen molar-refractivity contribution < 1.29 is 14.3 Å². The quantitative estimate of drug-likeness (QED) is 0.613. The van der Waals surface area contributed by atoms with Crippen molar-refractivity contribution in [2.45, 2.75) is 26.8 Å². The number of carbonyl (C=O) groups is 1. The third-order valence-corrected chi connectivity index (χ3v) is 3.01. The number of anilines is 2. The number of hydrogen-bond acceptors (Lipinski definition) is 5. The summed E-state index contributed by atoms with van der Waals surface area (Å²) in [7, 11) is 1.66. The molecule has 0 unspecified atom stereocenters. The van der Waals surface area contributed by atoms with Crippen molar-refractivity contribution in [3.8, 4) is 0 Å². The minimum Gasteiger partial charge on any atom is -0.462 e. The van der Waals surface area contributed by atoms with Gasteiger partial charge >= 0.3 is 5.97 Å². The van der Waals surface area contributed by atoms with E-state index in [0.29, 0.717) is 31.0 Å². The van der Waals surface area contributed by atoms with Gasteiger partial charge in [-0.3, -0.25) is 0 Å². The zero-order valence-corrected chi connectivity index (χ0v) is 12.7. The Morgan fingerprint density at radius 1 is 1.40 bits per heavy atom. The van der Waals surface area contributed by atoms with E-state index in [1.165, 1.54) is 0 Å². The molecule has 5 heteroatoms. The van der Waals surface area contributed by atoms with Crippen molar-refractivity contribution in [1.82, 2.24) is 0 Å². The molecular formula is C15H24N2O3. The Labute approximate surface area is 120 Å². The lowest BCUT2D eigenvalue weighted by Gasteiger charge is -2.30. The molecule has 0 aliphatic heterocycles. The molecule has 5 nitrogen and oxygen atoms in total. The molecule has 0 aliphatic carbocycles. The molecule has 1 aromatic rings. The summed E-state index contributed by atoms with van der Waals surface area (Å²) in [5.74, 6) is -0.329. The SMILES string of the molecule is CCOC(=O)c1ccc(N)c(N(CCOC)C(C)C)c1. The molecule has 0 aliphatic rings. The van der Waals surface area contributed by atoms with Crippen LogP contribution in [0.3, 0.4) is 0 Å². The predicted octanol–water partition coefficient (Wildman–Crippen LogP) is 2.31. The first-order valence-corrected chi connectivity index (χ1v) is 6.83. The lowest BCUT2D eigenvalue weighted by Crippen LogP contribution is -2.34. The normalized spacial score (nSPS) is 10.7. The Kier molecular flexibility index (Phi) is 6.31. The number of nitrogens with two attached hydrogens (primary N) is 1. The molecule has 112 valence electrons. The lowest BCUT2D eigenvalue weighted by molar-refractivity contribution is 0.0526. The summed E-state index contributed by atoms with van der Waals surface area (Å²) in [6.07, 6.45) is 0. The number of nitrogens with zero attached hydrogens (tertiary/aromatic N) is 1. The second-order valence-electron chi connectivity index (χ2n) is 4.77. The smallest absolute Gasteiger partial charge is 0.338 e. The monoisotopic (exact) mass is 280 g/mol. The zero-order valence-electron chi connectivity index (χ0n) is 12.7. The molecule has 0 amide bonds. The van der Waals surface area contributed by atoms with Gasteiger partial charge in [-0.2, -0.15) is 0 Å². The number of nitrogen functional groups attached to an aromatic ring is 1. The fourth-order valence-corrected chi connectivity index (χ4v) is 1.98. The summed E-state index contributed by atoms with van der Waals surface area (Å²) in [5.41, 5.74) is 8.03. The standard InChI is InChI=1S/C15H24N2O3/c1-5-20-15(18)12-6-7-13(16)14(10-12)17(11(2)3)8-9-19-4/h6-7,10-11H,5,8-9,16H2,1-4H3. The number of hydrogen-bond donors (Lipinski definition) is 1. The molecule has 0 atom stereocenters. The third kappa shape index (κ3) is 4.13. The average Bonchev–Trinajstić information content (AvgIpc) is 2.41. The van der Waals surface area contributed by atoms with Crippen LogP contribution in [0.15, 0.2) is 18.2 Å². The molecule has 0 fully saturated rings. The van der Waals surface area contributed by atoms with Gasteiger partial charge in [-0.15, -0.1) is 0 Å². The molecule has 0 radical (unpaired) electrons. The lowest BCUT2D eigenvalue weighted by atomic mass is 10.1. The van der Waals surface area contributed by atoms with Crippen LogP contribution in [0.5, 0.6) is 0 Å². The third-order valence-electron chi connectivity index (χ3n) is 3.01. The molecule has 1 aromatic carbocycles. The molecule has 0 spiro atoms. The molecule has 0 heterocycles. The molecule has 0 saturated carbocycles. The number of carbonyl (C=O) groups excluding carboxylic acids is 1. The van der Waals surface area contributed by atoms with Crippen LogP contribution in [0.25, 0.3) is 0 Å². The first-order valence-electron chi connectivity index (χ1n) is 6.83. The van der Waals surface area contributed by atoms with Crippen molar-refractivity contribution in [3.05, 3.63) is 23.8 Å². The first-order chi connectivity index (χ1) is 9.51. The van der Waals surface area contributed by atoms with E-state index in [2.05, 4.69) is 18.7 Å². The van der Waals surface area contributed by atoms with E-state index < -0.39 is 0 Å². The van der Waals surface area contributed by atoms with Crippen LogP contribution in [0.1, 0.15) is 31.1 Å². The van der Waals surface area contributed by atoms with E-state index in [0.717, 1.165) is 5.69 Å². The van der Waals surface area contributed by atoms with Crippen molar-refractivity contribution in [2.24, 2.45) is 0 Å². The minimum absolute atomic E-state index is 0.255. The summed E-state index contributed by atoms with van der Waals surface area (Å²) in [6, 6.07) is 5.46. The highest BCUT2D eigenvalue weighted by Crippen LogP contribution is 2.26. The van der Waals surface area contributed by atoms with E-state index in [-0.39, 0.29) is 12.0 Å². The van der Waals surface area contributed by atoms with Gasteiger partial charge in [-0.25, -0.2) is 4.79 Å². The van der Waals surface area contributed by atoms with E-state index in [1.54, 1.807) is 32.2 Å². The topological polar surface area (TPSA) is 64.8 Å². The summed E-state index contributed by atoms with van der Waals surface area (Å²) in [5, 5.41) is 0. The van der Waals surface area contributed by atoms with Crippen LogP contribution in [0, 0.1) is 0 Å². The molecule has 0 aromatic heterocycles. The number of rotatable bonds is 7. The van der Waals surface area contributed by atoms with Crippen LogP contribution in [0.4, 0.5) is 11.4 Å². The maximum absolute atomic E-state index is 11.8. The predicted molar refractivity (Wildman–Crippen MR) is 81.2 cm³/mol. The van der Waals surface area contributed by atoms with Gasteiger partial charge < -0.3 is 20.1 Å². The molecular weight excluding hydrogens is 256 g/mol. The second-order valence-corrected chi connectivity index (χ2v) is 4.77. The summed E-state index contributed by atoms with van der Waals surface area (Å²) >= 11 is 0. The van der Waals surface area contributed by atoms with Gasteiger partial charge in [0, 0.05) is 19.7 Å². The fraction of sp³-hybridized carbons (Fsp3) is 0.533. The van der Waals surface area contributed by atoms with Crippen molar-refractivity contribution >= 4 is 17.3 Å². The highest BCUT2D eigenvalue weighted by molar-refractivity contribution is 5.92. The van der Waals surface area contributed by atoms with Crippen molar-refractivity contribution in [2.75, 3.05) is 37.5 Å². The molecule has 1 rings (SSSR count). The zero-order chi connectivity index (χ0) is 15.1. The first kappa shape index (κ1) is 16.3. The van der Waals surface area contributed by atoms with E-state index in [4.69, 9.17) is 15.2 Å². The fourth-order valence-electron chi connectivity index (χ4n) is 1.98. The van der Waals surface area contributed by atoms with Crippen molar-refractivity contribution in [3.63, 3.8) is 0 Å². The van der Waals surface area contributed by atoms with E-state index >= 15 is 0 Å². The Balaban J connectivity index is 3.07. The summed E-state index contributed by atoms with van der Waals surface area (Å²) in [4.78, 5) is 13.9.